The van der Waals surface area contributed by atoms with E-state index < -0.39 is 0 Å². The van der Waals surface area contributed by atoms with E-state index in [2.05, 4.69) is 29.0 Å². The zero-order chi connectivity index (χ0) is 10.1. The van der Waals surface area contributed by atoms with Crippen molar-refractivity contribution >= 4 is 0 Å². The van der Waals surface area contributed by atoms with Gasteiger partial charge in [-0.05, 0) is 19.3 Å². The first-order chi connectivity index (χ1) is 6.66. The Labute approximate surface area is 84.3 Å². The molecule has 1 aliphatic carbocycles. The van der Waals surface area contributed by atoms with Crippen molar-refractivity contribution in [3.8, 4) is 0 Å². The van der Waals surface area contributed by atoms with Gasteiger partial charge >= 0.3 is 0 Å². The average Bonchev–Trinajstić information content (AvgIpc) is 2.70. The van der Waals surface area contributed by atoms with E-state index in [0.717, 1.165) is 30.9 Å². The zero-order valence-electron chi connectivity index (χ0n) is 8.83. The summed E-state index contributed by atoms with van der Waals surface area (Å²) in [5, 5.41) is 7.24. The van der Waals surface area contributed by atoms with Gasteiger partial charge in [0.2, 0.25) is 0 Å². The predicted molar refractivity (Wildman–Crippen MR) is 55.0 cm³/mol. The molecule has 0 saturated heterocycles. The molecule has 1 heterocycles. The van der Waals surface area contributed by atoms with Gasteiger partial charge in [0.1, 0.15) is 5.82 Å². The van der Waals surface area contributed by atoms with E-state index in [4.69, 9.17) is 5.73 Å². The summed E-state index contributed by atoms with van der Waals surface area (Å²) in [6.45, 7) is 4.21. The summed E-state index contributed by atoms with van der Waals surface area (Å²) in [5.41, 5.74) is 5.87. The van der Waals surface area contributed by atoms with Crippen molar-refractivity contribution in [2.45, 2.75) is 51.0 Å². The molecule has 78 valence electrons. The summed E-state index contributed by atoms with van der Waals surface area (Å²) < 4.78 is 0. The van der Waals surface area contributed by atoms with Gasteiger partial charge in [0.15, 0.2) is 5.82 Å². The molecule has 1 aromatic rings. The van der Waals surface area contributed by atoms with E-state index in [1.165, 1.54) is 0 Å². The number of nitrogens with two attached hydrogens (primary N) is 1. The average molecular weight is 194 g/mol. The summed E-state index contributed by atoms with van der Waals surface area (Å²) in [5.74, 6) is 2.85. The van der Waals surface area contributed by atoms with E-state index in [1.807, 2.05) is 0 Å². The van der Waals surface area contributed by atoms with Crippen LogP contribution in [-0.4, -0.2) is 21.2 Å². The Bertz CT molecular complexity index is 305. The number of nitrogens with zero attached hydrogens (tertiary/aromatic N) is 2. The van der Waals surface area contributed by atoms with Gasteiger partial charge in [0, 0.05) is 17.9 Å². The molecule has 1 saturated carbocycles. The molecule has 0 radical (unpaired) electrons. The molecule has 0 aliphatic heterocycles. The molecule has 0 bridgehead atoms. The normalized spacial score (nSPS) is 27.4. The van der Waals surface area contributed by atoms with Crippen LogP contribution in [0.25, 0.3) is 0 Å². The van der Waals surface area contributed by atoms with Crippen molar-refractivity contribution in [3.05, 3.63) is 11.6 Å². The highest BCUT2D eigenvalue weighted by Crippen LogP contribution is 2.31. The standard InChI is InChI=1S/C10H18N4/c1-6(2)9-12-10(14-13-9)7-3-4-8(11)5-7/h6-8H,3-5,11H2,1-2H3,(H,12,13,14). The Morgan fingerprint density at radius 2 is 2.21 bits per heavy atom. The fourth-order valence-electron chi connectivity index (χ4n) is 1.99. The molecule has 0 spiro atoms. The summed E-state index contributed by atoms with van der Waals surface area (Å²) >= 11 is 0. The molecule has 4 heteroatoms. The van der Waals surface area contributed by atoms with E-state index in [-0.39, 0.29) is 0 Å². The highest BCUT2D eigenvalue weighted by molar-refractivity contribution is 5.03. The monoisotopic (exact) mass is 194 g/mol. The molecule has 0 aromatic carbocycles. The first-order valence-corrected chi connectivity index (χ1v) is 5.34. The van der Waals surface area contributed by atoms with Crippen LogP contribution in [0.1, 0.15) is 56.6 Å². The molecule has 1 aliphatic rings. The van der Waals surface area contributed by atoms with Crippen molar-refractivity contribution in [3.63, 3.8) is 0 Å². The highest BCUT2D eigenvalue weighted by Gasteiger charge is 2.26. The fourth-order valence-corrected chi connectivity index (χ4v) is 1.99. The van der Waals surface area contributed by atoms with Crippen LogP contribution < -0.4 is 5.73 Å². The highest BCUT2D eigenvalue weighted by atomic mass is 15.2. The number of nitrogens with one attached hydrogen (secondary N) is 1. The number of aromatic amines is 1. The summed E-state index contributed by atoms with van der Waals surface area (Å²) in [6.07, 6.45) is 3.31. The van der Waals surface area contributed by atoms with Crippen LogP contribution in [0.3, 0.4) is 0 Å². The second-order valence-corrected chi connectivity index (χ2v) is 4.50. The van der Waals surface area contributed by atoms with Crippen LogP contribution >= 0.6 is 0 Å². The van der Waals surface area contributed by atoms with Gasteiger partial charge in [-0.25, -0.2) is 4.98 Å². The van der Waals surface area contributed by atoms with Gasteiger partial charge in [-0.3, -0.25) is 5.10 Å². The quantitative estimate of drug-likeness (QED) is 0.750. The topological polar surface area (TPSA) is 67.6 Å². The molecule has 1 fully saturated rings. The number of aromatic nitrogens is 3. The minimum atomic E-state index is 0.354. The van der Waals surface area contributed by atoms with Gasteiger partial charge in [-0.15, -0.1) is 0 Å². The summed E-state index contributed by atoms with van der Waals surface area (Å²) in [4.78, 5) is 4.50. The van der Waals surface area contributed by atoms with Crippen LogP contribution in [0.15, 0.2) is 0 Å². The molecule has 1 aromatic heterocycles. The lowest BCUT2D eigenvalue weighted by molar-refractivity contribution is 0.644. The lowest BCUT2D eigenvalue weighted by atomic mass is 10.1. The molecule has 2 unspecified atom stereocenters. The Morgan fingerprint density at radius 3 is 2.71 bits per heavy atom. The van der Waals surface area contributed by atoms with E-state index in [9.17, 15) is 0 Å². The van der Waals surface area contributed by atoms with E-state index in [0.29, 0.717) is 17.9 Å². The van der Waals surface area contributed by atoms with Crippen molar-refractivity contribution in [2.24, 2.45) is 5.73 Å². The molecule has 4 nitrogen and oxygen atoms in total. The molecular formula is C10H18N4. The Balaban J connectivity index is 2.09. The van der Waals surface area contributed by atoms with Crippen LogP contribution in [0.4, 0.5) is 0 Å². The number of H-pyrrole nitrogens is 1. The molecule has 2 rings (SSSR count). The fraction of sp³-hybridized carbons (Fsp3) is 0.800. The molecule has 14 heavy (non-hydrogen) atoms. The largest absolute Gasteiger partial charge is 0.328 e. The van der Waals surface area contributed by atoms with Crippen LogP contribution in [0, 0.1) is 0 Å². The van der Waals surface area contributed by atoms with Gasteiger partial charge in [-0.1, -0.05) is 13.8 Å². The molecular weight excluding hydrogens is 176 g/mol. The third kappa shape index (κ3) is 1.80. The third-order valence-corrected chi connectivity index (χ3v) is 2.90. The molecule has 3 N–H and O–H groups in total. The van der Waals surface area contributed by atoms with Crippen molar-refractivity contribution in [1.82, 2.24) is 15.2 Å². The molecule has 2 atom stereocenters. The van der Waals surface area contributed by atoms with Crippen LogP contribution in [-0.2, 0) is 0 Å². The Hall–Kier alpha value is -0.900. The smallest absolute Gasteiger partial charge is 0.153 e. The number of hydrogen-bond donors (Lipinski definition) is 2. The van der Waals surface area contributed by atoms with Crippen LogP contribution in [0.5, 0.6) is 0 Å². The second kappa shape index (κ2) is 3.69. The lowest BCUT2D eigenvalue weighted by Gasteiger charge is -2.03. The lowest BCUT2D eigenvalue weighted by Crippen LogP contribution is -2.14. The Morgan fingerprint density at radius 1 is 1.43 bits per heavy atom. The van der Waals surface area contributed by atoms with E-state index >= 15 is 0 Å². The van der Waals surface area contributed by atoms with E-state index in [1.54, 1.807) is 0 Å². The zero-order valence-corrected chi connectivity index (χ0v) is 8.83. The predicted octanol–water partition coefficient (Wildman–Crippen LogP) is 1.52. The Kier molecular flexibility index (Phi) is 2.54. The maximum atomic E-state index is 5.87. The van der Waals surface area contributed by atoms with Crippen LogP contribution in [0.2, 0.25) is 0 Å². The SMILES string of the molecule is CC(C)c1n[nH]c(C2CCC(N)C2)n1. The van der Waals surface area contributed by atoms with Crippen molar-refractivity contribution in [1.29, 1.82) is 0 Å². The minimum Gasteiger partial charge on any atom is -0.328 e. The van der Waals surface area contributed by atoms with Crippen molar-refractivity contribution in [2.75, 3.05) is 0 Å². The van der Waals surface area contributed by atoms with Gasteiger partial charge < -0.3 is 5.73 Å². The maximum absolute atomic E-state index is 5.87. The van der Waals surface area contributed by atoms with Crippen molar-refractivity contribution < 1.29 is 0 Å². The third-order valence-electron chi connectivity index (χ3n) is 2.90. The first-order valence-electron chi connectivity index (χ1n) is 5.34. The first kappa shape index (κ1) is 9.65. The second-order valence-electron chi connectivity index (χ2n) is 4.50. The summed E-state index contributed by atoms with van der Waals surface area (Å²) in [6, 6.07) is 0.354. The maximum Gasteiger partial charge on any atom is 0.153 e. The van der Waals surface area contributed by atoms with Gasteiger partial charge in [0.05, 0.1) is 0 Å². The summed E-state index contributed by atoms with van der Waals surface area (Å²) in [7, 11) is 0. The number of rotatable bonds is 2. The number of hydrogen-bond acceptors (Lipinski definition) is 3. The van der Waals surface area contributed by atoms with Gasteiger partial charge in [-0.2, -0.15) is 5.10 Å². The molecule has 0 amide bonds. The minimum absolute atomic E-state index is 0.354. The van der Waals surface area contributed by atoms with Gasteiger partial charge in [0.25, 0.3) is 0 Å².